The van der Waals surface area contributed by atoms with Gasteiger partial charge in [-0.2, -0.15) is 5.10 Å². The number of benzene rings is 2. The van der Waals surface area contributed by atoms with E-state index >= 15 is 0 Å². The first-order valence-corrected chi connectivity index (χ1v) is 16.2. The van der Waals surface area contributed by atoms with Crippen LogP contribution in [0.4, 0.5) is 5.69 Å². The van der Waals surface area contributed by atoms with Crippen LogP contribution in [-0.4, -0.2) is 76.5 Å². The zero-order valence-corrected chi connectivity index (χ0v) is 24.3. The Morgan fingerprint density at radius 3 is 2.27 bits per heavy atom. The number of nitrogens with one attached hydrogen (secondary N) is 1. The predicted molar refractivity (Wildman–Crippen MR) is 148 cm³/mol. The summed E-state index contributed by atoms with van der Waals surface area (Å²) in [6.45, 7) is 0.296. The maximum atomic E-state index is 13.0. The lowest BCUT2D eigenvalue weighted by Gasteiger charge is -2.26. The van der Waals surface area contributed by atoms with Crippen LogP contribution in [0.2, 0.25) is 0 Å². The first-order valence-electron chi connectivity index (χ1n) is 11.7. The van der Waals surface area contributed by atoms with Crippen LogP contribution in [0.5, 0.6) is 0 Å². The van der Waals surface area contributed by atoms with Gasteiger partial charge in [-0.3, -0.25) is 9.10 Å². The zero-order valence-electron chi connectivity index (χ0n) is 21.1. The Morgan fingerprint density at radius 1 is 1.08 bits per heavy atom. The van der Waals surface area contributed by atoms with Gasteiger partial charge in [-0.25, -0.2) is 25.8 Å². The standard InChI is InChI=1S/C24H30BrN5O5S2/c1-26-24(31)23-20-14-19(16-6-7-16)22(15-21(20)27-30(23)18-10-8-17(25)9-11-18)29(37(4,34)35)13-5-12-28(2)36(3,32)33/h8-11,14-16H,5-7,12-13H2,1-4H3,(H,26,31). The molecule has 0 atom stereocenters. The molecule has 37 heavy (non-hydrogen) atoms. The zero-order chi connectivity index (χ0) is 27.1. The van der Waals surface area contributed by atoms with Crippen molar-refractivity contribution in [2.24, 2.45) is 0 Å². The minimum Gasteiger partial charge on any atom is -0.354 e. The van der Waals surface area contributed by atoms with Gasteiger partial charge in [0.1, 0.15) is 5.69 Å². The van der Waals surface area contributed by atoms with Crippen LogP contribution in [0, 0.1) is 0 Å². The van der Waals surface area contributed by atoms with Crippen molar-refractivity contribution in [1.82, 2.24) is 19.4 Å². The number of fused-ring (bicyclic) bond motifs is 1. The number of rotatable bonds is 10. The molecule has 1 N–H and O–H groups in total. The van der Waals surface area contributed by atoms with E-state index in [9.17, 15) is 21.6 Å². The summed E-state index contributed by atoms with van der Waals surface area (Å²) in [4.78, 5) is 13.0. The number of hydrogen-bond acceptors (Lipinski definition) is 6. The van der Waals surface area contributed by atoms with Gasteiger partial charge in [0.05, 0.1) is 29.4 Å². The minimum absolute atomic E-state index is 0.111. The fourth-order valence-corrected chi connectivity index (χ4v) is 5.95. The van der Waals surface area contributed by atoms with Gasteiger partial charge in [0.25, 0.3) is 5.91 Å². The normalized spacial score (nSPS) is 14.3. The molecule has 0 bridgehead atoms. The average Bonchev–Trinajstić information content (AvgIpc) is 3.60. The quantitative estimate of drug-likeness (QED) is 0.376. The van der Waals surface area contributed by atoms with E-state index in [1.165, 1.54) is 15.7 Å². The molecule has 1 aromatic heterocycles. The van der Waals surface area contributed by atoms with Crippen molar-refractivity contribution >= 4 is 58.5 Å². The molecule has 4 rings (SSSR count). The van der Waals surface area contributed by atoms with Gasteiger partial charge < -0.3 is 5.32 Å². The van der Waals surface area contributed by atoms with Gasteiger partial charge >= 0.3 is 0 Å². The van der Waals surface area contributed by atoms with Crippen LogP contribution >= 0.6 is 15.9 Å². The Bertz CT molecular complexity index is 1550. The van der Waals surface area contributed by atoms with Gasteiger partial charge in [0.15, 0.2) is 0 Å². The van der Waals surface area contributed by atoms with E-state index in [0.717, 1.165) is 35.4 Å². The lowest BCUT2D eigenvalue weighted by molar-refractivity contribution is 0.0957. The minimum atomic E-state index is -3.68. The SMILES string of the molecule is CNC(=O)c1c2cc(C3CC3)c(N(CCCN(C)S(C)(=O)=O)S(C)(=O)=O)cc2nn1-c1ccc(Br)cc1. The maximum absolute atomic E-state index is 13.0. The summed E-state index contributed by atoms with van der Waals surface area (Å²) in [5, 5.41) is 8.03. The molecule has 1 heterocycles. The summed E-state index contributed by atoms with van der Waals surface area (Å²) < 4.78 is 54.4. The number of sulfonamides is 2. The van der Waals surface area contributed by atoms with Gasteiger partial charge in [0.2, 0.25) is 20.0 Å². The van der Waals surface area contributed by atoms with Gasteiger partial charge in [-0.15, -0.1) is 0 Å². The van der Waals surface area contributed by atoms with Crippen LogP contribution in [0.3, 0.4) is 0 Å². The van der Waals surface area contributed by atoms with Crippen LogP contribution in [-0.2, 0) is 20.0 Å². The number of anilines is 1. The molecule has 0 radical (unpaired) electrons. The third kappa shape index (κ3) is 6.00. The van der Waals surface area contributed by atoms with Crippen molar-refractivity contribution in [3.05, 3.63) is 52.1 Å². The number of carbonyl (C=O) groups is 1. The second-order valence-corrected chi connectivity index (χ2v) is 14.2. The Kier molecular flexibility index (Phi) is 7.71. The molecule has 1 aliphatic carbocycles. The van der Waals surface area contributed by atoms with Gasteiger partial charge in [0, 0.05) is 37.0 Å². The molecular formula is C24H30BrN5O5S2. The van der Waals surface area contributed by atoms with E-state index in [0.29, 0.717) is 34.4 Å². The summed E-state index contributed by atoms with van der Waals surface area (Å²) in [5.41, 5.74) is 2.91. The number of hydrogen-bond donors (Lipinski definition) is 1. The summed E-state index contributed by atoms with van der Waals surface area (Å²) in [6, 6.07) is 11.0. The van der Waals surface area contributed by atoms with E-state index in [1.54, 1.807) is 17.8 Å². The van der Waals surface area contributed by atoms with Crippen molar-refractivity contribution in [3.63, 3.8) is 0 Å². The first kappa shape index (κ1) is 27.6. The fourth-order valence-electron chi connectivity index (χ4n) is 4.25. The van der Waals surface area contributed by atoms with Crippen LogP contribution < -0.4 is 9.62 Å². The summed E-state index contributed by atoms with van der Waals surface area (Å²) in [7, 11) is -4.03. The Labute approximate surface area is 225 Å². The number of nitrogens with zero attached hydrogens (tertiary/aromatic N) is 4. The second-order valence-electron chi connectivity index (χ2n) is 9.29. The Morgan fingerprint density at radius 2 is 1.73 bits per heavy atom. The molecule has 1 aliphatic rings. The lowest BCUT2D eigenvalue weighted by Crippen LogP contribution is -2.34. The Balaban J connectivity index is 1.84. The highest BCUT2D eigenvalue weighted by Crippen LogP contribution is 2.46. The molecule has 2 aromatic carbocycles. The third-order valence-electron chi connectivity index (χ3n) is 6.42. The second kappa shape index (κ2) is 10.4. The van der Waals surface area contributed by atoms with Crippen molar-refractivity contribution < 1.29 is 21.6 Å². The van der Waals surface area contributed by atoms with E-state index < -0.39 is 20.0 Å². The molecule has 13 heteroatoms. The molecule has 0 saturated heterocycles. The number of aromatic nitrogens is 2. The predicted octanol–water partition coefficient (Wildman–Crippen LogP) is 3.07. The molecule has 1 fully saturated rings. The largest absolute Gasteiger partial charge is 0.354 e. The smallest absolute Gasteiger partial charge is 0.270 e. The third-order valence-corrected chi connectivity index (χ3v) is 9.44. The van der Waals surface area contributed by atoms with Gasteiger partial charge in [-0.1, -0.05) is 15.9 Å². The van der Waals surface area contributed by atoms with Crippen LogP contribution in [0.1, 0.15) is 41.2 Å². The number of amides is 1. The van der Waals surface area contributed by atoms with E-state index in [1.807, 2.05) is 30.3 Å². The average molecular weight is 613 g/mol. The number of halogens is 1. The summed E-state index contributed by atoms with van der Waals surface area (Å²) >= 11 is 3.42. The monoisotopic (exact) mass is 611 g/mol. The molecule has 0 unspecified atom stereocenters. The topological polar surface area (TPSA) is 122 Å². The molecule has 3 aromatic rings. The molecule has 1 saturated carbocycles. The van der Waals surface area contributed by atoms with Crippen molar-refractivity contribution in [2.75, 3.05) is 44.0 Å². The highest BCUT2D eigenvalue weighted by molar-refractivity contribution is 9.10. The molecular weight excluding hydrogens is 582 g/mol. The van der Waals surface area contributed by atoms with Crippen LogP contribution in [0.15, 0.2) is 40.9 Å². The number of carbonyl (C=O) groups excluding carboxylic acids is 1. The molecule has 200 valence electrons. The molecule has 1 amide bonds. The molecule has 0 spiro atoms. The fraction of sp³-hybridized carbons (Fsp3) is 0.417. The molecule has 0 aliphatic heterocycles. The van der Waals surface area contributed by atoms with Crippen molar-refractivity contribution in [3.8, 4) is 5.69 Å². The maximum Gasteiger partial charge on any atom is 0.270 e. The van der Waals surface area contributed by atoms with E-state index in [4.69, 9.17) is 5.10 Å². The Hall–Kier alpha value is -2.48. The lowest BCUT2D eigenvalue weighted by atomic mass is 10.0. The van der Waals surface area contributed by atoms with Crippen molar-refractivity contribution in [1.29, 1.82) is 0 Å². The van der Waals surface area contributed by atoms with Gasteiger partial charge in [-0.05, 0) is 67.1 Å². The highest BCUT2D eigenvalue weighted by Gasteiger charge is 2.32. The summed E-state index contributed by atoms with van der Waals surface area (Å²) in [6.07, 6.45) is 4.42. The highest BCUT2D eigenvalue weighted by atomic mass is 79.9. The van der Waals surface area contributed by atoms with Crippen LogP contribution in [0.25, 0.3) is 16.6 Å². The molecule has 10 nitrogen and oxygen atoms in total. The first-order chi connectivity index (χ1) is 17.3. The summed E-state index contributed by atoms with van der Waals surface area (Å²) in [5.74, 6) is -0.125. The van der Waals surface area contributed by atoms with E-state index in [-0.39, 0.29) is 24.9 Å². The van der Waals surface area contributed by atoms with E-state index in [2.05, 4.69) is 21.2 Å². The van der Waals surface area contributed by atoms with Crippen molar-refractivity contribution in [2.45, 2.75) is 25.2 Å².